The van der Waals surface area contributed by atoms with Crippen LogP contribution in [0.4, 0.5) is 0 Å². The first-order valence-corrected chi connectivity index (χ1v) is 11.8. The van der Waals surface area contributed by atoms with Crippen molar-refractivity contribution in [3.63, 3.8) is 0 Å². The molecule has 0 saturated heterocycles. The van der Waals surface area contributed by atoms with Gasteiger partial charge in [-0.3, -0.25) is 4.79 Å². The number of phenols is 1. The van der Waals surface area contributed by atoms with Crippen LogP contribution in [-0.4, -0.2) is 51.4 Å². The molecule has 8 nitrogen and oxygen atoms in total. The minimum Gasteiger partial charge on any atom is -0.508 e. The van der Waals surface area contributed by atoms with E-state index in [1.807, 2.05) is 24.3 Å². The van der Waals surface area contributed by atoms with Gasteiger partial charge in [0.05, 0.1) is 26.4 Å². The Morgan fingerprint density at radius 1 is 1.00 bits per heavy atom. The highest BCUT2D eigenvalue weighted by Gasteiger charge is 2.41. The first kappa shape index (κ1) is 25.3. The molecule has 1 aliphatic heterocycles. The van der Waals surface area contributed by atoms with Crippen LogP contribution in [-0.2, 0) is 19.1 Å². The fourth-order valence-corrected chi connectivity index (χ4v) is 4.99. The minimum atomic E-state index is -0.651. The van der Waals surface area contributed by atoms with Crippen molar-refractivity contribution in [2.75, 3.05) is 34.5 Å². The lowest BCUT2D eigenvalue weighted by atomic mass is 9.71. The van der Waals surface area contributed by atoms with Crippen molar-refractivity contribution in [2.24, 2.45) is 0 Å². The fraction of sp³-hybridized carbons (Fsp3) is 0.357. The van der Waals surface area contributed by atoms with Crippen LogP contribution in [0.2, 0.25) is 0 Å². The third-order valence-electron chi connectivity index (χ3n) is 6.65. The number of rotatable bonds is 8. The zero-order valence-corrected chi connectivity index (χ0v) is 20.9. The molecule has 1 aliphatic carbocycles. The van der Waals surface area contributed by atoms with Crippen molar-refractivity contribution in [1.82, 2.24) is 5.32 Å². The summed E-state index contributed by atoms with van der Waals surface area (Å²) in [7, 11) is 4.69. The summed E-state index contributed by atoms with van der Waals surface area (Å²) in [4.78, 5) is 26.8. The molecule has 2 N–H and O–H groups in total. The van der Waals surface area contributed by atoms with Gasteiger partial charge in [-0.2, -0.15) is 0 Å². The Morgan fingerprint density at radius 3 is 2.47 bits per heavy atom. The number of hydrogen-bond acceptors (Lipinski definition) is 8. The number of benzene rings is 2. The number of Topliss-reactive ketones (excluding diaryl/α,β-unsaturated/α-hetero) is 1. The van der Waals surface area contributed by atoms with E-state index in [1.165, 1.54) is 7.11 Å². The number of dihydropyridines is 1. The van der Waals surface area contributed by atoms with Crippen molar-refractivity contribution in [3.05, 3.63) is 76.1 Å². The number of carbonyl (C=O) groups excluding carboxylic acids is 2. The molecule has 0 bridgehead atoms. The van der Waals surface area contributed by atoms with Crippen molar-refractivity contribution in [2.45, 2.75) is 31.6 Å². The second kappa shape index (κ2) is 10.9. The lowest BCUT2D eigenvalue weighted by molar-refractivity contribution is -0.140. The lowest BCUT2D eigenvalue weighted by Gasteiger charge is -2.36. The molecule has 2 aromatic rings. The van der Waals surface area contributed by atoms with Crippen LogP contribution in [0.25, 0.3) is 0 Å². The van der Waals surface area contributed by atoms with Gasteiger partial charge in [0.2, 0.25) is 0 Å². The SMILES string of the molecule is COCCOC(=O)C1=C(C)NC2=C(C(=O)C[C@@H](c3ccc(OC)c(OC)c3)C2)[C@H]1c1cccc(O)c1. The van der Waals surface area contributed by atoms with Crippen molar-refractivity contribution in [3.8, 4) is 17.2 Å². The Labute approximate surface area is 210 Å². The number of aromatic hydroxyl groups is 1. The summed E-state index contributed by atoms with van der Waals surface area (Å²) >= 11 is 0. The van der Waals surface area contributed by atoms with Crippen LogP contribution in [0.1, 0.15) is 42.7 Å². The molecule has 4 rings (SSSR count). The van der Waals surface area contributed by atoms with Gasteiger partial charge in [-0.1, -0.05) is 18.2 Å². The topological polar surface area (TPSA) is 103 Å². The Bertz CT molecular complexity index is 1230. The van der Waals surface area contributed by atoms with Crippen LogP contribution in [0.5, 0.6) is 17.2 Å². The van der Waals surface area contributed by atoms with Gasteiger partial charge in [-0.15, -0.1) is 0 Å². The summed E-state index contributed by atoms with van der Waals surface area (Å²) in [6.07, 6.45) is 0.853. The van der Waals surface area contributed by atoms with Gasteiger partial charge in [0, 0.05) is 36.4 Å². The van der Waals surface area contributed by atoms with Crippen molar-refractivity contribution >= 4 is 11.8 Å². The zero-order valence-electron chi connectivity index (χ0n) is 20.9. The largest absolute Gasteiger partial charge is 0.508 e. The first-order chi connectivity index (χ1) is 17.4. The van der Waals surface area contributed by atoms with Crippen LogP contribution in [0.15, 0.2) is 65.0 Å². The number of nitrogens with one attached hydrogen (secondary N) is 1. The number of methoxy groups -OCH3 is 3. The van der Waals surface area contributed by atoms with E-state index in [0.29, 0.717) is 40.3 Å². The van der Waals surface area contributed by atoms with Crippen molar-refractivity contribution in [1.29, 1.82) is 0 Å². The van der Waals surface area contributed by atoms with Gasteiger partial charge in [0.15, 0.2) is 17.3 Å². The quantitative estimate of drug-likeness (QED) is 0.421. The van der Waals surface area contributed by atoms with Gasteiger partial charge in [0.25, 0.3) is 0 Å². The Hall–Kier alpha value is -3.78. The molecule has 1 heterocycles. The van der Waals surface area contributed by atoms with Crippen molar-refractivity contribution < 1.29 is 33.6 Å². The van der Waals surface area contributed by atoms with E-state index < -0.39 is 11.9 Å². The standard InChI is InChI=1S/C28H31NO7/c1-16-25(28(32)36-11-10-33-2)26(18-6-5-7-20(30)12-18)27-21(29-16)13-19(14-22(27)31)17-8-9-23(34-3)24(15-17)35-4/h5-9,12,15,19,26,29-30H,10-11,13-14H2,1-4H3/t19-,26-/m0/s1. The molecule has 0 saturated carbocycles. The van der Waals surface area contributed by atoms with E-state index in [1.54, 1.807) is 39.3 Å². The van der Waals surface area contributed by atoms with Gasteiger partial charge in [-0.05, 0) is 54.7 Å². The number of carbonyl (C=O) groups is 2. The predicted molar refractivity (Wildman–Crippen MR) is 133 cm³/mol. The average Bonchev–Trinajstić information content (AvgIpc) is 2.87. The van der Waals surface area contributed by atoms with Crippen LogP contribution in [0, 0.1) is 0 Å². The smallest absolute Gasteiger partial charge is 0.336 e. The monoisotopic (exact) mass is 493 g/mol. The third-order valence-corrected chi connectivity index (χ3v) is 6.65. The number of hydrogen-bond donors (Lipinski definition) is 2. The number of ether oxygens (including phenoxy) is 4. The number of allylic oxidation sites excluding steroid dienone is 3. The summed E-state index contributed by atoms with van der Waals surface area (Å²) in [5.74, 6) is -0.0200. The molecule has 2 aromatic carbocycles. The summed E-state index contributed by atoms with van der Waals surface area (Å²) in [6.45, 7) is 2.17. The Morgan fingerprint density at radius 2 is 1.78 bits per heavy atom. The fourth-order valence-electron chi connectivity index (χ4n) is 4.99. The van der Waals surface area contributed by atoms with E-state index in [2.05, 4.69) is 5.32 Å². The molecule has 0 spiro atoms. The second-order valence-corrected chi connectivity index (χ2v) is 8.86. The molecule has 190 valence electrons. The lowest BCUT2D eigenvalue weighted by Crippen LogP contribution is -2.36. The molecule has 2 aliphatic rings. The summed E-state index contributed by atoms with van der Waals surface area (Å²) < 4.78 is 21.2. The number of esters is 1. The molecular formula is C28H31NO7. The molecular weight excluding hydrogens is 462 g/mol. The highest BCUT2D eigenvalue weighted by atomic mass is 16.6. The Kier molecular flexibility index (Phi) is 7.64. The van der Waals surface area contributed by atoms with Gasteiger partial charge in [-0.25, -0.2) is 4.79 Å². The van der Waals surface area contributed by atoms with Gasteiger partial charge >= 0.3 is 5.97 Å². The zero-order chi connectivity index (χ0) is 25.8. The average molecular weight is 494 g/mol. The van der Waals surface area contributed by atoms with Gasteiger partial charge < -0.3 is 29.4 Å². The van der Waals surface area contributed by atoms with E-state index >= 15 is 0 Å². The molecule has 8 heteroatoms. The molecule has 0 radical (unpaired) electrons. The highest BCUT2D eigenvalue weighted by Crippen LogP contribution is 2.46. The third kappa shape index (κ3) is 4.95. The number of ketones is 1. The first-order valence-electron chi connectivity index (χ1n) is 11.8. The second-order valence-electron chi connectivity index (χ2n) is 8.86. The van der Waals surface area contributed by atoms with E-state index in [0.717, 1.165) is 11.3 Å². The minimum absolute atomic E-state index is 0.0596. The van der Waals surface area contributed by atoms with Crippen LogP contribution >= 0.6 is 0 Å². The van der Waals surface area contributed by atoms with E-state index in [-0.39, 0.29) is 37.1 Å². The highest BCUT2D eigenvalue weighted by molar-refractivity contribution is 6.04. The van der Waals surface area contributed by atoms with E-state index in [9.17, 15) is 14.7 Å². The molecule has 36 heavy (non-hydrogen) atoms. The predicted octanol–water partition coefficient (Wildman–Crippen LogP) is 3.96. The maximum Gasteiger partial charge on any atom is 0.336 e. The molecule has 0 aromatic heterocycles. The molecule has 2 atom stereocenters. The Balaban J connectivity index is 1.74. The van der Waals surface area contributed by atoms with Crippen LogP contribution in [0.3, 0.4) is 0 Å². The summed E-state index contributed by atoms with van der Waals surface area (Å²) in [5.41, 5.74) is 3.89. The van der Waals surface area contributed by atoms with Gasteiger partial charge in [0.1, 0.15) is 12.4 Å². The molecule has 0 unspecified atom stereocenters. The van der Waals surface area contributed by atoms with Crippen LogP contribution < -0.4 is 14.8 Å². The molecule has 0 amide bonds. The maximum atomic E-state index is 13.7. The van der Waals surface area contributed by atoms with E-state index in [4.69, 9.17) is 18.9 Å². The summed E-state index contributed by atoms with van der Waals surface area (Å²) in [6, 6.07) is 12.3. The summed E-state index contributed by atoms with van der Waals surface area (Å²) in [5, 5.41) is 13.5. The maximum absolute atomic E-state index is 13.7. The normalized spacial score (nSPS) is 19.5. The number of phenolic OH excluding ortho intramolecular Hbond substituents is 1. The molecule has 0 fully saturated rings.